The van der Waals surface area contributed by atoms with E-state index in [1.807, 2.05) is 55.8 Å². The number of hydrogen-bond acceptors (Lipinski definition) is 3. The minimum Gasteiger partial charge on any atom is -0.396 e. The minimum absolute atomic E-state index is 0.0421. The molecule has 0 saturated carbocycles. The van der Waals surface area contributed by atoms with Gasteiger partial charge in [0.1, 0.15) is 0 Å². The molecule has 0 fully saturated rings. The number of aromatic nitrogens is 2. The molecule has 0 spiro atoms. The van der Waals surface area contributed by atoms with E-state index < -0.39 is 0 Å². The summed E-state index contributed by atoms with van der Waals surface area (Å²) in [5.74, 6) is 0.266. The van der Waals surface area contributed by atoms with E-state index in [1.54, 1.807) is 12.5 Å². The number of imidazole rings is 1. The molecule has 2 unspecified atom stereocenters. The molecular formula is C18H26N4O2. The van der Waals surface area contributed by atoms with Crippen molar-refractivity contribution in [2.24, 2.45) is 5.92 Å². The molecule has 3 N–H and O–H groups in total. The SMILES string of the molecule is CC(NC(=O)NC(CCO)C(C)C)c1cccc(-n2ccnc2)c1. The molecule has 0 radical (unpaired) electrons. The highest BCUT2D eigenvalue weighted by atomic mass is 16.3. The highest BCUT2D eigenvalue weighted by Crippen LogP contribution is 2.17. The Bertz CT molecular complexity index is 640. The summed E-state index contributed by atoms with van der Waals surface area (Å²) in [5, 5.41) is 15.0. The van der Waals surface area contributed by atoms with E-state index in [9.17, 15) is 4.79 Å². The van der Waals surface area contributed by atoms with Gasteiger partial charge in [-0.2, -0.15) is 0 Å². The number of carbonyl (C=O) groups is 1. The number of rotatable bonds is 7. The largest absolute Gasteiger partial charge is 0.396 e. The summed E-state index contributed by atoms with van der Waals surface area (Å²) in [6, 6.07) is 7.58. The van der Waals surface area contributed by atoms with Gasteiger partial charge in [0.15, 0.2) is 0 Å². The van der Waals surface area contributed by atoms with Crippen LogP contribution in [0.1, 0.15) is 38.8 Å². The highest BCUT2D eigenvalue weighted by Gasteiger charge is 2.17. The second-order valence-electron chi connectivity index (χ2n) is 6.27. The highest BCUT2D eigenvalue weighted by molar-refractivity contribution is 5.74. The maximum Gasteiger partial charge on any atom is 0.315 e. The van der Waals surface area contributed by atoms with Gasteiger partial charge < -0.3 is 20.3 Å². The molecule has 1 aromatic heterocycles. The first-order valence-electron chi connectivity index (χ1n) is 8.27. The van der Waals surface area contributed by atoms with E-state index in [1.165, 1.54) is 0 Å². The number of nitrogens with zero attached hydrogens (tertiary/aromatic N) is 2. The zero-order valence-electron chi connectivity index (χ0n) is 14.4. The fourth-order valence-electron chi connectivity index (χ4n) is 2.57. The van der Waals surface area contributed by atoms with Gasteiger partial charge in [0.05, 0.1) is 12.4 Å². The van der Waals surface area contributed by atoms with Gasteiger partial charge in [-0.25, -0.2) is 9.78 Å². The van der Waals surface area contributed by atoms with E-state index in [0.29, 0.717) is 6.42 Å². The van der Waals surface area contributed by atoms with Crippen LogP contribution in [-0.2, 0) is 0 Å². The molecule has 6 heteroatoms. The summed E-state index contributed by atoms with van der Waals surface area (Å²) in [5.41, 5.74) is 2.01. The summed E-state index contributed by atoms with van der Waals surface area (Å²) < 4.78 is 1.92. The Balaban J connectivity index is 2.00. The number of hydrogen-bond donors (Lipinski definition) is 3. The van der Waals surface area contributed by atoms with Crippen LogP contribution < -0.4 is 10.6 Å². The van der Waals surface area contributed by atoms with Crippen molar-refractivity contribution >= 4 is 6.03 Å². The number of carbonyl (C=O) groups excluding carboxylic acids is 1. The van der Waals surface area contributed by atoms with E-state index in [4.69, 9.17) is 5.11 Å². The Morgan fingerprint density at radius 2 is 2.08 bits per heavy atom. The van der Waals surface area contributed by atoms with Crippen molar-refractivity contribution in [1.82, 2.24) is 20.2 Å². The molecule has 0 saturated heterocycles. The van der Waals surface area contributed by atoms with Gasteiger partial charge >= 0.3 is 6.03 Å². The monoisotopic (exact) mass is 330 g/mol. The van der Waals surface area contributed by atoms with Crippen LogP contribution in [0, 0.1) is 5.92 Å². The zero-order valence-corrected chi connectivity index (χ0v) is 14.4. The fourth-order valence-corrected chi connectivity index (χ4v) is 2.57. The van der Waals surface area contributed by atoms with Crippen molar-refractivity contribution in [2.45, 2.75) is 39.3 Å². The standard InChI is InChI=1S/C18H26N4O2/c1-13(2)17(7-10-23)21-18(24)20-14(3)15-5-4-6-16(11-15)22-9-8-19-12-22/h4-6,8-9,11-14,17,23H,7,10H2,1-3H3,(H2,20,21,24). The predicted octanol–water partition coefficient (Wildman–Crippen LogP) is 2.64. The average Bonchev–Trinajstić information content (AvgIpc) is 3.09. The van der Waals surface area contributed by atoms with Crippen LogP contribution in [-0.4, -0.2) is 33.3 Å². The normalized spacial score (nSPS) is 13.5. The molecule has 24 heavy (non-hydrogen) atoms. The lowest BCUT2D eigenvalue weighted by atomic mass is 10.0. The summed E-state index contributed by atoms with van der Waals surface area (Å²) in [6.45, 7) is 6.06. The van der Waals surface area contributed by atoms with Crippen LogP contribution in [0.4, 0.5) is 4.79 Å². The topological polar surface area (TPSA) is 79.2 Å². The lowest BCUT2D eigenvalue weighted by Gasteiger charge is -2.23. The number of amides is 2. The zero-order chi connectivity index (χ0) is 17.5. The molecular weight excluding hydrogens is 304 g/mol. The number of nitrogens with one attached hydrogen (secondary N) is 2. The Hall–Kier alpha value is -2.34. The Kier molecular flexibility index (Phi) is 6.37. The maximum atomic E-state index is 12.2. The number of benzene rings is 1. The average molecular weight is 330 g/mol. The van der Waals surface area contributed by atoms with Crippen LogP contribution in [0.3, 0.4) is 0 Å². The van der Waals surface area contributed by atoms with Crippen molar-refractivity contribution in [2.75, 3.05) is 6.61 Å². The molecule has 1 heterocycles. The van der Waals surface area contributed by atoms with Crippen molar-refractivity contribution in [3.8, 4) is 5.69 Å². The molecule has 6 nitrogen and oxygen atoms in total. The molecule has 0 aliphatic rings. The van der Waals surface area contributed by atoms with Gasteiger partial charge in [-0.3, -0.25) is 0 Å². The third-order valence-corrected chi connectivity index (χ3v) is 4.08. The first-order chi connectivity index (χ1) is 11.5. The maximum absolute atomic E-state index is 12.2. The van der Waals surface area contributed by atoms with Gasteiger partial charge in [-0.05, 0) is 37.0 Å². The second-order valence-corrected chi connectivity index (χ2v) is 6.27. The summed E-state index contributed by atoms with van der Waals surface area (Å²) in [4.78, 5) is 16.3. The van der Waals surface area contributed by atoms with Crippen molar-refractivity contribution in [1.29, 1.82) is 0 Å². The first-order valence-corrected chi connectivity index (χ1v) is 8.27. The Labute approximate surface area is 142 Å². The van der Waals surface area contributed by atoms with Crippen LogP contribution in [0.2, 0.25) is 0 Å². The summed E-state index contributed by atoms with van der Waals surface area (Å²) in [7, 11) is 0. The van der Waals surface area contributed by atoms with Crippen LogP contribution in [0.25, 0.3) is 5.69 Å². The van der Waals surface area contributed by atoms with Crippen molar-refractivity contribution < 1.29 is 9.90 Å². The number of aliphatic hydroxyl groups is 1. The van der Waals surface area contributed by atoms with Gasteiger partial charge in [-0.1, -0.05) is 26.0 Å². The molecule has 2 amide bonds. The van der Waals surface area contributed by atoms with E-state index in [-0.39, 0.29) is 30.6 Å². The smallest absolute Gasteiger partial charge is 0.315 e. The third-order valence-electron chi connectivity index (χ3n) is 4.08. The summed E-state index contributed by atoms with van der Waals surface area (Å²) >= 11 is 0. The molecule has 2 aromatic rings. The molecule has 130 valence electrons. The lowest BCUT2D eigenvalue weighted by Crippen LogP contribution is -2.45. The van der Waals surface area contributed by atoms with E-state index in [2.05, 4.69) is 15.6 Å². The van der Waals surface area contributed by atoms with Crippen LogP contribution in [0.15, 0.2) is 43.0 Å². The van der Waals surface area contributed by atoms with Gasteiger partial charge in [0.2, 0.25) is 0 Å². The molecule has 0 aliphatic heterocycles. The third kappa shape index (κ3) is 4.83. The van der Waals surface area contributed by atoms with E-state index in [0.717, 1.165) is 11.3 Å². The quantitative estimate of drug-likeness (QED) is 0.730. The number of urea groups is 1. The Morgan fingerprint density at radius 1 is 1.29 bits per heavy atom. The van der Waals surface area contributed by atoms with Gasteiger partial charge in [0.25, 0.3) is 0 Å². The second kappa shape index (κ2) is 8.49. The molecule has 0 aliphatic carbocycles. The Morgan fingerprint density at radius 3 is 2.71 bits per heavy atom. The van der Waals surface area contributed by atoms with Crippen molar-refractivity contribution in [3.05, 3.63) is 48.5 Å². The van der Waals surface area contributed by atoms with Crippen LogP contribution in [0.5, 0.6) is 0 Å². The van der Waals surface area contributed by atoms with E-state index >= 15 is 0 Å². The summed E-state index contributed by atoms with van der Waals surface area (Å²) in [6.07, 6.45) is 5.91. The minimum atomic E-state index is -0.220. The van der Waals surface area contributed by atoms with Crippen LogP contribution >= 0.6 is 0 Å². The lowest BCUT2D eigenvalue weighted by molar-refractivity contribution is 0.216. The van der Waals surface area contributed by atoms with Gasteiger partial charge in [0, 0.05) is 30.7 Å². The molecule has 1 aromatic carbocycles. The van der Waals surface area contributed by atoms with Gasteiger partial charge in [-0.15, -0.1) is 0 Å². The van der Waals surface area contributed by atoms with Crippen molar-refractivity contribution in [3.63, 3.8) is 0 Å². The predicted molar refractivity (Wildman–Crippen MR) is 94.0 cm³/mol. The first kappa shape index (κ1) is 18.0. The number of aliphatic hydroxyl groups excluding tert-OH is 1. The fraction of sp³-hybridized carbons (Fsp3) is 0.444. The molecule has 2 rings (SSSR count). The molecule has 0 bridgehead atoms. The molecule has 2 atom stereocenters.